The van der Waals surface area contributed by atoms with Gasteiger partial charge in [0.1, 0.15) is 11.6 Å². The Morgan fingerprint density at radius 2 is 2.18 bits per heavy atom. The summed E-state index contributed by atoms with van der Waals surface area (Å²) in [6.07, 6.45) is 3.21. The first-order valence-corrected chi connectivity index (χ1v) is 13.1. The van der Waals surface area contributed by atoms with Gasteiger partial charge in [-0.1, -0.05) is 0 Å². The van der Waals surface area contributed by atoms with Crippen LogP contribution in [0.1, 0.15) is 29.6 Å². The topological polar surface area (TPSA) is 79.7 Å². The zero-order valence-corrected chi connectivity index (χ0v) is 20.5. The molecular weight excluding hydrogens is 475 g/mol. The molecule has 4 rings (SSSR count). The van der Waals surface area contributed by atoms with Crippen LogP contribution >= 0.6 is 23.1 Å². The molecule has 2 aromatic heterocycles. The van der Waals surface area contributed by atoms with E-state index in [1.54, 1.807) is 31.1 Å². The number of rotatable bonds is 10. The Labute approximate surface area is 206 Å². The van der Waals surface area contributed by atoms with E-state index in [1.807, 2.05) is 18.2 Å². The largest absolute Gasteiger partial charge is 0.497 e. The third kappa shape index (κ3) is 5.95. The molecule has 0 amide bonds. The molecule has 3 heterocycles. The van der Waals surface area contributed by atoms with E-state index < -0.39 is 11.9 Å². The number of hydrogen-bond acceptors (Lipinski definition) is 7. The molecule has 0 saturated carbocycles. The number of aliphatic carboxylic acids is 1. The van der Waals surface area contributed by atoms with Gasteiger partial charge in [-0.05, 0) is 55.6 Å². The van der Waals surface area contributed by atoms with Crippen molar-refractivity contribution in [1.29, 1.82) is 0 Å². The van der Waals surface area contributed by atoms with Gasteiger partial charge in [-0.2, -0.15) is 0 Å². The van der Waals surface area contributed by atoms with E-state index in [2.05, 4.69) is 9.88 Å². The minimum atomic E-state index is -0.811. The minimum absolute atomic E-state index is 0.00759. The highest BCUT2D eigenvalue weighted by Gasteiger charge is 2.34. The van der Waals surface area contributed by atoms with Gasteiger partial charge in [0.15, 0.2) is 5.78 Å². The Morgan fingerprint density at radius 1 is 1.32 bits per heavy atom. The van der Waals surface area contributed by atoms with E-state index in [-0.39, 0.29) is 17.5 Å². The van der Waals surface area contributed by atoms with E-state index in [4.69, 9.17) is 4.74 Å². The number of likely N-dealkylation sites (tertiary alicyclic amines) is 1. The molecule has 0 radical (unpaired) electrons. The summed E-state index contributed by atoms with van der Waals surface area (Å²) in [6.45, 7) is 2.03. The lowest BCUT2D eigenvalue weighted by atomic mass is 9.81. The summed E-state index contributed by atoms with van der Waals surface area (Å²) in [5, 5.41) is 12.1. The van der Waals surface area contributed by atoms with Gasteiger partial charge in [0.25, 0.3) is 0 Å². The number of pyridine rings is 1. The summed E-state index contributed by atoms with van der Waals surface area (Å²) in [5.74, 6) is -0.128. The number of nitrogens with zero attached hydrogens (tertiary/aromatic N) is 2. The summed E-state index contributed by atoms with van der Waals surface area (Å²) in [7, 11) is 1.58. The number of benzene rings is 1. The molecule has 6 nitrogen and oxygen atoms in total. The molecule has 2 unspecified atom stereocenters. The van der Waals surface area contributed by atoms with Crippen molar-refractivity contribution in [2.75, 3.05) is 32.5 Å². The number of thioether (sulfide) groups is 1. The Balaban J connectivity index is 1.34. The number of piperidine rings is 1. The minimum Gasteiger partial charge on any atom is -0.497 e. The first-order valence-electron chi connectivity index (χ1n) is 11.2. The maximum atomic E-state index is 13.1. The van der Waals surface area contributed by atoms with Crippen LogP contribution in [-0.2, 0) is 4.79 Å². The first kappa shape index (κ1) is 24.6. The van der Waals surface area contributed by atoms with Crippen molar-refractivity contribution in [2.45, 2.75) is 23.5 Å². The van der Waals surface area contributed by atoms with Crippen LogP contribution in [0, 0.1) is 17.7 Å². The zero-order valence-electron chi connectivity index (χ0n) is 18.9. The molecule has 180 valence electrons. The Morgan fingerprint density at radius 3 is 2.91 bits per heavy atom. The van der Waals surface area contributed by atoms with E-state index in [9.17, 15) is 19.1 Å². The number of carbonyl (C=O) groups is 2. The second-order valence-corrected chi connectivity index (χ2v) is 10.7. The molecule has 9 heteroatoms. The van der Waals surface area contributed by atoms with Crippen molar-refractivity contribution in [3.63, 3.8) is 0 Å². The van der Waals surface area contributed by atoms with E-state index in [0.29, 0.717) is 30.7 Å². The molecule has 34 heavy (non-hydrogen) atoms. The Hall–Kier alpha value is -2.49. The molecule has 1 saturated heterocycles. The SMILES string of the molecule is COc1ccc2nccc(C(=O)CCC3CCN(CCSc4cc(F)cs4)CC3C(=O)O)c2c1. The van der Waals surface area contributed by atoms with E-state index >= 15 is 0 Å². The number of fused-ring (bicyclic) bond motifs is 1. The van der Waals surface area contributed by atoms with Gasteiger partial charge in [-0.3, -0.25) is 14.6 Å². The maximum Gasteiger partial charge on any atom is 0.308 e. The number of hydrogen-bond donors (Lipinski definition) is 1. The smallest absolute Gasteiger partial charge is 0.308 e. The third-order valence-electron chi connectivity index (χ3n) is 6.34. The molecule has 1 aromatic carbocycles. The fraction of sp³-hybridized carbons (Fsp3) is 0.400. The van der Waals surface area contributed by atoms with Crippen molar-refractivity contribution < 1.29 is 23.8 Å². The number of Topliss-reactive ketones (excluding diaryl/α,β-unsaturated/α-hetero) is 1. The number of ether oxygens (including phenoxy) is 1. The van der Waals surface area contributed by atoms with Gasteiger partial charge in [0, 0.05) is 47.8 Å². The molecule has 0 bridgehead atoms. The predicted octanol–water partition coefficient (Wildman–Crippen LogP) is 5.22. The van der Waals surface area contributed by atoms with Crippen LogP contribution in [-0.4, -0.2) is 59.2 Å². The zero-order chi connectivity index (χ0) is 24.1. The number of thiophene rings is 1. The van der Waals surface area contributed by atoms with Crippen LogP contribution in [0.25, 0.3) is 10.9 Å². The summed E-state index contributed by atoms with van der Waals surface area (Å²) in [5.41, 5.74) is 1.32. The summed E-state index contributed by atoms with van der Waals surface area (Å²) in [6, 6.07) is 8.70. The predicted molar refractivity (Wildman–Crippen MR) is 133 cm³/mol. The monoisotopic (exact) mass is 502 g/mol. The van der Waals surface area contributed by atoms with Gasteiger partial charge in [0.05, 0.1) is 22.8 Å². The highest BCUT2D eigenvalue weighted by atomic mass is 32.2. The van der Waals surface area contributed by atoms with E-state index in [1.165, 1.54) is 22.8 Å². The number of carboxylic acid groups (broad SMARTS) is 1. The highest BCUT2D eigenvalue weighted by Crippen LogP contribution is 2.31. The van der Waals surface area contributed by atoms with Crippen molar-refractivity contribution in [2.24, 2.45) is 11.8 Å². The molecule has 0 aliphatic carbocycles. The van der Waals surface area contributed by atoms with Gasteiger partial charge in [-0.15, -0.1) is 23.1 Å². The standard InChI is InChI=1S/C25H27FN2O4S2/c1-32-18-3-4-22-20(13-18)19(6-8-27-22)23(29)5-2-16-7-9-28(14-21(16)25(30)31)10-11-33-24-12-17(26)15-34-24/h3-4,6,8,12-13,15-16,21H,2,5,7,9-11,14H2,1H3,(H,30,31). The second kappa shape index (κ2) is 11.3. The average Bonchev–Trinajstić information content (AvgIpc) is 3.26. The van der Waals surface area contributed by atoms with Crippen LogP contribution in [0.5, 0.6) is 5.75 Å². The molecule has 1 N–H and O–H groups in total. The molecule has 2 atom stereocenters. The summed E-state index contributed by atoms with van der Waals surface area (Å²) in [4.78, 5) is 31.5. The number of ketones is 1. The Kier molecular flexibility index (Phi) is 8.18. The molecular formula is C25H27FN2O4S2. The number of aromatic nitrogens is 1. The summed E-state index contributed by atoms with van der Waals surface area (Å²) >= 11 is 2.98. The fourth-order valence-electron chi connectivity index (χ4n) is 4.49. The van der Waals surface area contributed by atoms with Gasteiger partial charge in [-0.25, -0.2) is 4.39 Å². The first-order chi connectivity index (χ1) is 16.4. The van der Waals surface area contributed by atoms with Gasteiger partial charge in [0.2, 0.25) is 0 Å². The molecule has 3 aromatic rings. The average molecular weight is 503 g/mol. The number of methoxy groups -OCH3 is 1. The Bertz CT molecular complexity index is 1170. The van der Waals surface area contributed by atoms with Crippen molar-refractivity contribution in [3.8, 4) is 5.75 Å². The van der Waals surface area contributed by atoms with Crippen molar-refractivity contribution in [3.05, 3.63) is 53.3 Å². The van der Waals surface area contributed by atoms with Gasteiger partial charge >= 0.3 is 5.97 Å². The van der Waals surface area contributed by atoms with Crippen molar-refractivity contribution >= 4 is 45.8 Å². The van der Waals surface area contributed by atoms with E-state index in [0.717, 1.165) is 40.4 Å². The van der Waals surface area contributed by atoms with Crippen LogP contribution in [0.15, 0.2) is 46.1 Å². The molecule has 1 aliphatic rings. The second-order valence-electron chi connectivity index (χ2n) is 8.43. The molecule has 0 spiro atoms. The quantitative estimate of drug-likeness (QED) is 0.301. The van der Waals surface area contributed by atoms with Crippen LogP contribution < -0.4 is 4.74 Å². The van der Waals surface area contributed by atoms with Crippen molar-refractivity contribution in [1.82, 2.24) is 9.88 Å². The number of halogens is 1. The van der Waals surface area contributed by atoms with Crippen LogP contribution in [0.2, 0.25) is 0 Å². The maximum absolute atomic E-state index is 13.1. The summed E-state index contributed by atoms with van der Waals surface area (Å²) < 4.78 is 19.4. The molecule has 1 aliphatic heterocycles. The van der Waals surface area contributed by atoms with Gasteiger partial charge < -0.3 is 14.7 Å². The fourth-order valence-corrected chi connectivity index (χ4v) is 6.38. The van der Waals surface area contributed by atoms with Crippen LogP contribution in [0.3, 0.4) is 0 Å². The lowest BCUT2D eigenvalue weighted by molar-refractivity contribution is -0.146. The third-order valence-corrected chi connectivity index (χ3v) is 8.47. The lowest BCUT2D eigenvalue weighted by Gasteiger charge is -2.36. The number of carbonyl (C=O) groups excluding carboxylic acids is 1. The van der Waals surface area contributed by atoms with Crippen LogP contribution in [0.4, 0.5) is 4.39 Å². The highest BCUT2D eigenvalue weighted by molar-refractivity contribution is 8.01. The number of carboxylic acids is 1. The normalized spacial score (nSPS) is 18.8. The molecule has 1 fully saturated rings. The lowest BCUT2D eigenvalue weighted by Crippen LogP contribution is -2.44.